The van der Waals surface area contributed by atoms with Gasteiger partial charge in [-0.05, 0) is 80.1 Å². The second kappa shape index (κ2) is 16.0. The SMILES string of the molecule is CCC[C@H](NC(=O)[C@@H]1C[C@]2(C=C(c3cc(Cl)c4c(c3)CCCN4C)NO2)CN1C(=O)[C@@H](NC(=O)CC1CCCCC1)C(C)(C)C)C(=O)C(=O)NC1CC1. The van der Waals surface area contributed by atoms with Crippen LogP contribution in [-0.2, 0) is 35.2 Å². The summed E-state index contributed by atoms with van der Waals surface area (Å²) in [5.74, 6) is -2.24. The van der Waals surface area contributed by atoms with Crippen molar-refractivity contribution in [1.82, 2.24) is 26.3 Å². The monoisotopic (exact) mass is 752 g/mol. The molecule has 6 rings (SSSR count). The lowest BCUT2D eigenvalue weighted by atomic mass is 9.84. The number of nitrogens with one attached hydrogen (secondary N) is 4. The number of carbonyl (C=O) groups excluding carboxylic acids is 5. The fraction of sp³-hybridized carbons (Fsp3) is 0.675. The van der Waals surface area contributed by atoms with Crippen molar-refractivity contribution < 1.29 is 28.8 Å². The molecular weight excluding hydrogens is 696 g/mol. The average molecular weight is 753 g/mol. The molecule has 4 N–H and O–H groups in total. The number of ketones is 1. The molecular formula is C40H57ClN6O6. The number of anilines is 1. The Hall–Kier alpha value is -3.64. The van der Waals surface area contributed by atoms with Gasteiger partial charge in [0.2, 0.25) is 23.5 Å². The smallest absolute Gasteiger partial charge is 0.289 e. The van der Waals surface area contributed by atoms with Gasteiger partial charge in [-0.25, -0.2) is 0 Å². The third-order valence-electron chi connectivity index (χ3n) is 11.4. The van der Waals surface area contributed by atoms with Crippen molar-refractivity contribution >= 4 is 52.4 Å². The van der Waals surface area contributed by atoms with Crippen LogP contribution in [0.1, 0.15) is 116 Å². The summed E-state index contributed by atoms with van der Waals surface area (Å²) in [5.41, 5.74) is 4.98. The minimum absolute atomic E-state index is 0.00575. The van der Waals surface area contributed by atoms with Crippen LogP contribution in [0.5, 0.6) is 0 Å². The number of fused-ring (bicyclic) bond motifs is 1. The molecule has 12 nitrogen and oxygen atoms in total. The number of halogens is 1. The number of hydroxylamine groups is 1. The Bertz CT molecular complexity index is 1630. The molecule has 1 spiro atoms. The lowest BCUT2D eigenvalue weighted by Gasteiger charge is -2.36. The van der Waals surface area contributed by atoms with Crippen LogP contribution >= 0.6 is 11.6 Å². The number of rotatable bonds is 12. The van der Waals surface area contributed by atoms with E-state index in [1.54, 1.807) is 0 Å². The molecule has 1 aromatic carbocycles. The highest BCUT2D eigenvalue weighted by atomic mass is 35.5. The average Bonchev–Trinajstić information content (AvgIpc) is 3.70. The van der Waals surface area contributed by atoms with Crippen molar-refractivity contribution in [3.63, 3.8) is 0 Å². The first-order valence-corrected chi connectivity index (χ1v) is 20.0. The maximum Gasteiger partial charge on any atom is 0.289 e. The largest absolute Gasteiger partial charge is 0.373 e. The molecule has 0 bridgehead atoms. The number of amides is 4. The third kappa shape index (κ3) is 9.02. The molecule has 53 heavy (non-hydrogen) atoms. The van der Waals surface area contributed by atoms with Crippen molar-refractivity contribution in [2.75, 3.05) is 25.0 Å². The van der Waals surface area contributed by atoms with Gasteiger partial charge in [-0.2, -0.15) is 0 Å². The Morgan fingerprint density at radius 1 is 1.04 bits per heavy atom. The van der Waals surface area contributed by atoms with E-state index >= 15 is 0 Å². The van der Waals surface area contributed by atoms with Crippen LogP contribution in [0.2, 0.25) is 5.02 Å². The molecule has 0 unspecified atom stereocenters. The van der Waals surface area contributed by atoms with E-state index in [0.29, 0.717) is 23.6 Å². The van der Waals surface area contributed by atoms with E-state index in [1.807, 2.05) is 46.9 Å². The van der Waals surface area contributed by atoms with E-state index < -0.39 is 52.6 Å². The van der Waals surface area contributed by atoms with E-state index in [0.717, 1.165) is 74.7 Å². The fourth-order valence-corrected chi connectivity index (χ4v) is 8.75. The van der Waals surface area contributed by atoms with E-state index in [4.69, 9.17) is 16.4 Å². The molecule has 3 fully saturated rings. The highest BCUT2D eigenvalue weighted by molar-refractivity contribution is 6.38. The summed E-state index contributed by atoms with van der Waals surface area (Å²) in [7, 11) is 2.03. The third-order valence-corrected chi connectivity index (χ3v) is 11.7. The predicted molar refractivity (Wildman–Crippen MR) is 204 cm³/mol. The minimum atomic E-state index is -1.09. The van der Waals surface area contributed by atoms with Crippen LogP contribution in [-0.4, -0.2) is 84.2 Å². The molecule has 13 heteroatoms. The molecule has 1 saturated heterocycles. The zero-order valence-electron chi connectivity index (χ0n) is 31.9. The van der Waals surface area contributed by atoms with Gasteiger partial charge in [0.25, 0.3) is 5.91 Å². The second-order valence-electron chi connectivity index (χ2n) is 17.0. The van der Waals surface area contributed by atoms with Crippen molar-refractivity contribution in [2.45, 2.75) is 141 Å². The van der Waals surface area contributed by atoms with Crippen LogP contribution in [0.25, 0.3) is 5.70 Å². The van der Waals surface area contributed by atoms with Crippen LogP contribution in [0.15, 0.2) is 18.2 Å². The van der Waals surface area contributed by atoms with E-state index in [1.165, 1.54) is 11.3 Å². The summed E-state index contributed by atoms with van der Waals surface area (Å²) in [4.78, 5) is 78.4. The van der Waals surface area contributed by atoms with Gasteiger partial charge in [-0.15, -0.1) is 0 Å². The maximum atomic E-state index is 14.7. The molecule has 2 aliphatic carbocycles. The summed E-state index contributed by atoms with van der Waals surface area (Å²) in [6, 6.07) is 0.990. The Labute approximate surface area is 318 Å². The normalized spacial score (nSPS) is 24.2. The quantitative estimate of drug-likeness (QED) is 0.227. The number of aryl methyl sites for hydroxylation is 1. The standard InChI is InChI=1S/C40H57ClN6O6/c1-6-11-29(34(49)37(51)42-27-15-16-27)43-36(50)31-22-40(21-30(45-53-40)26-19-25-14-10-17-46(5)33(25)28(41)20-26)23-47(31)38(52)35(39(2,3)4)44-32(48)18-24-12-8-7-9-13-24/h19-21,24,27,29,31,35,45H,6-18,22-23H2,1-5H3,(H,42,51)(H,43,50)(H,44,48)/t29-,31-,35+,40+/m0/s1. The number of nitrogens with zero attached hydrogens (tertiary/aromatic N) is 2. The van der Waals surface area contributed by atoms with E-state index in [2.05, 4.69) is 32.4 Å². The zero-order chi connectivity index (χ0) is 38.1. The van der Waals surface area contributed by atoms with Gasteiger partial charge in [0.15, 0.2) is 0 Å². The lowest BCUT2D eigenvalue weighted by Crippen LogP contribution is -2.59. The van der Waals surface area contributed by atoms with Crippen LogP contribution in [0, 0.1) is 11.3 Å². The zero-order valence-corrected chi connectivity index (χ0v) is 32.7. The van der Waals surface area contributed by atoms with Gasteiger partial charge >= 0.3 is 0 Å². The van der Waals surface area contributed by atoms with Crippen LogP contribution < -0.4 is 26.3 Å². The van der Waals surface area contributed by atoms with Crippen LogP contribution in [0.4, 0.5) is 5.69 Å². The number of carbonyl (C=O) groups is 5. The Balaban J connectivity index is 1.28. The van der Waals surface area contributed by atoms with Gasteiger partial charge in [-0.3, -0.25) is 34.3 Å². The Kier molecular flexibility index (Phi) is 11.8. The maximum absolute atomic E-state index is 14.7. The fourth-order valence-electron chi connectivity index (χ4n) is 8.37. The number of likely N-dealkylation sites (tertiary alicyclic amines) is 1. The minimum Gasteiger partial charge on any atom is -0.373 e. The van der Waals surface area contributed by atoms with Gasteiger partial charge in [0.1, 0.15) is 17.7 Å². The topological polar surface area (TPSA) is 149 Å². The summed E-state index contributed by atoms with van der Waals surface area (Å²) in [5, 5.41) is 9.26. The van der Waals surface area contributed by atoms with E-state index in [-0.39, 0.29) is 37.3 Å². The van der Waals surface area contributed by atoms with E-state index in [9.17, 15) is 24.0 Å². The lowest BCUT2D eigenvalue weighted by molar-refractivity contribution is -0.145. The Morgan fingerprint density at radius 3 is 2.45 bits per heavy atom. The molecule has 3 heterocycles. The summed E-state index contributed by atoms with van der Waals surface area (Å²) >= 11 is 6.80. The molecule has 4 amide bonds. The number of benzene rings is 1. The van der Waals surface area contributed by atoms with Crippen molar-refractivity contribution in [3.05, 3.63) is 34.4 Å². The number of Topliss-reactive ketones (excluding diaryl/α,β-unsaturated/α-hetero) is 1. The highest BCUT2D eigenvalue weighted by Crippen LogP contribution is 2.41. The van der Waals surface area contributed by atoms with Gasteiger partial charge < -0.3 is 25.8 Å². The van der Waals surface area contributed by atoms with Crippen molar-refractivity contribution in [3.8, 4) is 0 Å². The first kappa shape index (κ1) is 39.1. The first-order valence-electron chi connectivity index (χ1n) is 19.6. The van der Waals surface area contributed by atoms with Gasteiger partial charge in [0, 0.05) is 38.0 Å². The summed E-state index contributed by atoms with van der Waals surface area (Å²) < 4.78 is 0. The van der Waals surface area contributed by atoms with Crippen LogP contribution in [0.3, 0.4) is 0 Å². The molecule has 1 aromatic rings. The molecule has 5 aliphatic rings. The Morgan fingerprint density at radius 2 is 1.77 bits per heavy atom. The predicted octanol–water partition coefficient (Wildman–Crippen LogP) is 4.57. The second-order valence-corrected chi connectivity index (χ2v) is 17.4. The van der Waals surface area contributed by atoms with Crippen molar-refractivity contribution in [2.24, 2.45) is 11.3 Å². The molecule has 4 atom stereocenters. The van der Waals surface area contributed by atoms with Gasteiger partial charge in [-0.1, -0.05) is 65.0 Å². The highest BCUT2D eigenvalue weighted by Gasteiger charge is 2.54. The number of hydrogen-bond donors (Lipinski definition) is 4. The summed E-state index contributed by atoms with van der Waals surface area (Å²) in [6.45, 7) is 8.53. The molecule has 0 aromatic heterocycles. The number of hydrogen-bond acceptors (Lipinski definition) is 8. The van der Waals surface area contributed by atoms with Gasteiger partial charge in [0.05, 0.1) is 29.0 Å². The molecule has 0 radical (unpaired) electrons. The molecule has 290 valence electrons. The molecule has 3 aliphatic heterocycles. The van der Waals surface area contributed by atoms with Crippen molar-refractivity contribution in [1.29, 1.82) is 0 Å². The summed E-state index contributed by atoms with van der Waals surface area (Å²) in [6.07, 6.45) is 12.2. The first-order chi connectivity index (χ1) is 25.2. The molecule has 2 saturated carbocycles.